The topological polar surface area (TPSA) is 72.0 Å². The highest BCUT2D eigenvalue weighted by Crippen LogP contribution is 2.22. The van der Waals surface area contributed by atoms with Gasteiger partial charge in [-0.05, 0) is 26.0 Å². The first-order chi connectivity index (χ1) is 9.86. The lowest BCUT2D eigenvalue weighted by molar-refractivity contribution is 0.347. The molecular weight excluding hydrogens is 293 g/mol. The van der Waals surface area contributed by atoms with E-state index >= 15 is 0 Å². The highest BCUT2D eigenvalue weighted by molar-refractivity contribution is 6.31. The van der Waals surface area contributed by atoms with E-state index in [0.29, 0.717) is 11.3 Å². The average Bonchev–Trinajstić information content (AvgIpc) is 2.45. The Morgan fingerprint density at radius 1 is 1.62 bits per heavy atom. The van der Waals surface area contributed by atoms with E-state index in [4.69, 9.17) is 27.5 Å². The Morgan fingerprint density at radius 2 is 2.29 bits per heavy atom. The zero-order valence-electron chi connectivity index (χ0n) is 11.9. The molecule has 0 atom stereocenters. The van der Waals surface area contributed by atoms with Gasteiger partial charge in [0.25, 0.3) is 0 Å². The van der Waals surface area contributed by atoms with Crippen molar-refractivity contribution in [2.45, 2.75) is 13.8 Å². The molecule has 6 heteroatoms. The van der Waals surface area contributed by atoms with Crippen LogP contribution in [0.15, 0.2) is 47.4 Å². The first-order valence-corrected chi connectivity index (χ1v) is 6.54. The van der Waals surface area contributed by atoms with Crippen molar-refractivity contribution in [1.29, 1.82) is 5.41 Å². The molecule has 0 aromatic carbocycles. The quantitative estimate of drug-likeness (QED) is 0.616. The zero-order chi connectivity index (χ0) is 16.0. The Morgan fingerprint density at radius 3 is 2.86 bits per heavy atom. The number of aromatic nitrogens is 1. The van der Waals surface area contributed by atoms with Crippen molar-refractivity contribution in [3.63, 3.8) is 0 Å². The molecule has 0 saturated heterocycles. The van der Waals surface area contributed by atoms with E-state index in [9.17, 15) is 4.39 Å². The number of pyridine rings is 1. The molecular formula is C15H17ClFN3O. The molecule has 0 fully saturated rings. The van der Waals surface area contributed by atoms with E-state index in [1.165, 1.54) is 12.3 Å². The van der Waals surface area contributed by atoms with Crippen molar-refractivity contribution in [3.05, 3.63) is 53.0 Å². The summed E-state index contributed by atoms with van der Waals surface area (Å²) in [7, 11) is 0. The summed E-state index contributed by atoms with van der Waals surface area (Å²) in [5.74, 6) is -0.000541. The number of nitrogens with one attached hydrogen (secondary N) is 1. The van der Waals surface area contributed by atoms with Gasteiger partial charge in [-0.1, -0.05) is 24.3 Å². The van der Waals surface area contributed by atoms with Crippen LogP contribution in [0.25, 0.3) is 0 Å². The van der Waals surface area contributed by atoms with E-state index < -0.39 is 5.83 Å². The summed E-state index contributed by atoms with van der Waals surface area (Å²) in [6.07, 6.45) is 4.46. The lowest BCUT2D eigenvalue weighted by Gasteiger charge is -2.10. The fourth-order valence-electron chi connectivity index (χ4n) is 1.46. The molecule has 0 spiro atoms. The molecule has 112 valence electrons. The molecule has 0 radical (unpaired) electrons. The molecule has 4 nitrogen and oxygen atoms in total. The Bertz CT molecular complexity index is 623. The summed E-state index contributed by atoms with van der Waals surface area (Å²) in [6.45, 7) is 6.83. The van der Waals surface area contributed by atoms with E-state index in [1.807, 2.05) is 0 Å². The average molecular weight is 310 g/mol. The summed E-state index contributed by atoms with van der Waals surface area (Å²) in [5.41, 5.74) is 6.51. The number of halogens is 2. The van der Waals surface area contributed by atoms with Gasteiger partial charge in [0.15, 0.2) is 0 Å². The minimum absolute atomic E-state index is 0.0300. The Hall–Kier alpha value is -2.14. The highest BCUT2D eigenvalue weighted by atomic mass is 35.5. The lowest BCUT2D eigenvalue weighted by Crippen LogP contribution is -2.06. The van der Waals surface area contributed by atoms with Crippen molar-refractivity contribution in [2.24, 2.45) is 0 Å². The molecule has 3 N–H and O–H groups in total. The van der Waals surface area contributed by atoms with Crippen LogP contribution in [0.2, 0.25) is 0 Å². The first kappa shape index (κ1) is 16.9. The maximum absolute atomic E-state index is 13.8. The first-order valence-electron chi connectivity index (χ1n) is 6.16. The van der Waals surface area contributed by atoms with Crippen LogP contribution >= 0.6 is 11.6 Å². The smallest absolute Gasteiger partial charge is 0.147 e. The minimum atomic E-state index is -0.623. The zero-order valence-corrected chi connectivity index (χ0v) is 12.7. The van der Waals surface area contributed by atoms with Crippen LogP contribution in [0, 0.1) is 5.41 Å². The maximum Gasteiger partial charge on any atom is 0.147 e. The third-order valence-electron chi connectivity index (χ3n) is 2.54. The van der Waals surface area contributed by atoms with Crippen molar-refractivity contribution < 1.29 is 9.13 Å². The van der Waals surface area contributed by atoms with Crippen LogP contribution in [0.5, 0.6) is 5.75 Å². The van der Waals surface area contributed by atoms with Crippen molar-refractivity contribution >= 4 is 23.1 Å². The molecule has 21 heavy (non-hydrogen) atoms. The third-order valence-corrected chi connectivity index (χ3v) is 2.84. The molecule has 1 aromatic rings. The van der Waals surface area contributed by atoms with E-state index in [-0.39, 0.29) is 28.7 Å². The predicted molar refractivity (Wildman–Crippen MR) is 84.6 cm³/mol. The maximum atomic E-state index is 13.8. The number of allylic oxidation sites excluding steroid dienone is 3. The summed E-state index contributed by atoms with van der Waals surface area (Å²) in [4.78, 5) is 3.93. The number of ether oxygens (including phenoxy) is 1. The van der Waals surface area contributed by atoms with Gasteiger partial charge in [0.05, 0.1) is 11.2 Å². The molecule has 0 aliphatic heterocycles. The van der Waals surface area contributed by atoms with E-state index in [0.717, 1.165) is 0 Å². The van der Waals surface area contributed by atoms with Gasteiger partial charge in [-0.3, -0.25) is 0 Å². The summed E-state index contributed by atoms with van der Waals surface area (Å²) in [6, 6.07) is 1.58. The largest absolute Gasteiger partial charge is 0.487 e. The normalized spacial score (nSPS) is 12.2. The summed E-state index contributed by atoms with van der Waals surface area (Å²) >= 11 is 5.74. The second-order valence-electron chi connectivity index (χ2n) is 4.28. The Balaban J connectivity index is 2.81. The number of nitrogens with two attached hydrogens (primary N) is 1. The van der Waals surface area contributed by atoms with Crippen LogP contribution in [0.1, 0.15) is 19.4 Å². The van der Waals surface area contributed by atoms with Crippen LogP contribution in [0.4, 0.5) is 10.2 Å². The fourth-order valence-corrected chi connectivity index (χ4v) is 1.72. The van der Waals surface area contributed by atoms with Crippen LogP contribution < -0.4 is 10.5 Å². The van der Waals surface area contributed by atoms with Crippen molar-refractivity contribution in [2.75, 3.05) is 12.3 Å². The molecule has 0 aliphatic carbocycles. The van der Waals surface area contributed by atoms with E-state index in [1.54, 1.807) is 26.0 Å². The molecule has 1 aromatic heterocycles. The third kappa shape index (κ3) is 4.72. The second-order valence-corrected chi connectivity index (χ2v) is 4.69. The molecule has 0 unspecified atom stereocenters. The molecule has 1 rings (SSSR count). The molecule has 0 amide bonds. The Kier molecular flexibility index (Phi) is 6.11. The van der Waals surface area contributed by atoms with Gasteiger partial charge in [0, 0.05) is 16.8 Å². The van der Waals surface area contributed by atoms with Gasteiger partial charge in [-0.15, -0.1) is 0 Å². The number of anilines is 1. The molecule has 0 saturated carbocycles. The molecule has 0 bridgehead atoms. The number of hydrogen-bond donors (Lipinski definition) is 2. The van der Waals surface area contributed by atoms with Gasteiger partial charge >= 0.3 is 0 Å². The van der Waals surface area contributed by atoms with Crippen LogP contribution in [0.3, 0.4) is 0 Å². The summed E-state index contributed by atoms with van der Waals surface area (Å²) in [5, 5.41) is 7.54. The second kappa shape index (κ2) is 7.59. The number of nitrogens with zero attached hydrogens (tertiary/aromatic N) is 1. The lowest BCUT2D eigenvalue weighted by atomic mass is 10.2. The number of rotatable bonds is 6. The van der Waals surface area contributed by atoms with Gasteiger partial charge in [-0.25, -0.2) is 9.37 Å². The minimum Gasteiger partial charge on any atom is -0.487 e. The molecule has 0 aliphatic rings. The van der Waals surface area contributed by atoms with Crippen molar-refractivity contribution in [3.8, 4) is 5.75 Å². The van der Waals surface area contributed by atoms with Crippen LogP contribution in [-0.4, -0.2) is 17.3 Å². The fraction of sp³-hybridized carbons (Fsp3) is 0.200. The highest BCUT2D eigenvalue weighted by Gasteiger charge is 2.09. The van der Waals surface area contributed by atoms with Gasteiger partial charge in [0.2, 0.25) is 0 Å². The van der Waals surface area contributed by atoms with Gasteiger partial charge < -0.3 is 15.9 Å². The van der Waals surface area contributed by atoms with Gasteiger partial charge in [-0.2, -0.15) is 0 Å². The van der Waals surface area contributed by atoms with Gasteiger partial charge in [0.1, 0.15) is 24.0 Å². The monoisotopic (exact) mass is 309 g/mol. The number of hydrogen-bond acceptors (Lipinski definition) is 4. The standard InChI is InChI=1S/C15H17ClFN3O/c1-4-5-13(16)14(17)9(2)8-21-11-6-12(10(3)18)15(19)20-7-11/h4-7,18H,2,8H2,1,3H3,(H2,19,20)/b5-4-,14-13-,18-10?. The van der Waals surface area contributed by atoms with E-state index in [2.05, 4.69) is 11.6 Å². The Labute approximate surface area is 128 Å². The predicted octanol–water partition coefficient (Wildman–Crippen LogP) is 3.98. The summed E-state index contributed by atoms with van der Waals surface area (Å²) < 4.78 is 19.2. The SMILES string of the molecule is C=C(COc1cnc(N)c(C(C)=N)c1)/C(F)=C(Cl)\C=C/C. The molecule has 1 heterocycles. The number of nitrogen functional groups attached to an aromatic ring is 1. The van der Waals surface area contributed by atoms with Crippen LogP contribution in [-0.2, 0) is 0 Å². The van der Waals surface area contributed by atoms with Crippen molar-refractivity contribution in [1.82, 2.24) is 4.98 Å².